The highest BCUT2D eigenvalue weighted by atomic mass is 79.9. The molecule has 0 amide bonds. The molecule has 0 fully saturated rings. The molecular formula is C16H15Br2NO2. The number of benzene rings is 2. The molecule has 2 atom stereocenters. The van der Waals surface area contributed by atoms with Crippen LogP contribution in [0.2, 0.25) is 0 Å². The van der Waals surface area contributed by atoms with Crippen LogP contribution in [0.1, 0.15) is 30.1 Å². The zero-order valence-electron chi connectivity index (χ0n) is 11.4. The zero-order valence-corrected chi connectivity index (χ0v) is 14.6. The number of nitrogens with one attached hydrogen (secondary N) is 1. The Balaban J connectivity index is 2.23. The molecule has 0 heterocycles. The Morgan fingerprint density at radius 1 is 1.14 bits per heavy atom. The summed E-state index contributed by atoms with van der Waals surface area (Å²) >= 11 is 6.93. The Kier molecular flexibility index (Phi) is 5.56. The molecule has 2 N–H and O–H groups in total. The van der Waals surface area contributed by atoms with Gasteiger partial charge < -0.3 is 5.11 Å². The normalized spacial score (nSPS) is 13.7. The molecule has 0 aliphatic carbocycles. The van der Waals surface area contributed by atoms with E-state index in [0.29, 0.717) is 0 Å². The third-order valence-corrected chi connectivity index (χ3v) is 4.41. The number of hydrogen-bond donors (Lipinski definition) is 2. The first-order chi connectivity index (χ1) is 9.99. The number of carbonyl (C=O) groups is 1. The molecule has 5 heteroatoms. The number of hydrogen-bond acceptors (Lipinski definition) is 2. The Hall–Kier alpha value is -1.17. The topological polar surface area (TPSA) is 49.3 Å². The number of rotatable bonds is 5. The van der Waals surface area contributed by atoms with Gasteiger partial charge in [0.2, 0.25) is 0 Å². The van der Waals surface area contributed by atoms with Gasteiger partial charge >= 0.3 is 5.97 Å². The van der Waals surface area contributed by atoms with Crippen molar-refractivity contribution >= 4 is 37.8 Å². The third-order valence-electron chi connectivity index (χ3n) is 3.23. The van der Waals surface area contributed by atoms with Crippen LogP contribution in [0.25, 0.3) is 0 Å². The molecule has 0 aromatic heterocycles. The van der Waals surface area contributed by atoms with Crippen LogP contribution in [0.5, 0.6) is 0 Å². The van der Waals surface area contributed by atoms with E-state index >= 15 is 0 Å². The molecule has 0 spiro atoms. The van der Waals surface area contributed by atoms with E-state index in [9.17, 15) is 9.90 Å². The molecule has 2 aromatic carbocycles. The highest BCUT2D eigenvalue weighted by Crippen LogP contribution is 2.28. The second kappa shape index (κ2) is 7.20. The first kappa shape index (κ1) is 16.2. The van der Waals surface area contributed by atoms with Gasteiger partial charge in [0, 0.05) is 15.0 Å². The van der Waals surface area contributed by atoms with E-state index in [4.69, 9.17) is 0 Å². The largest absolute Gasteiger partial charge is 0.480 e. The number of aliphatic carboxylic acids is 1. The van der Waals surface area contributed by atoms with Crippen LogP contribution in [-0.4, -0.2) is 11.1 Å². The highest BCUT2D eigenvalue weighted by molar-refractivity contribution is 9.11. The summed E-state index contributed by atoms with van der Waals surface area (Å²) in [5.41, 5.74) is 1.76. The van der Waals surface area contributed by atoms with E-state index < -0.39 is 12.0 Å². The molecule has 0 bridgehead atoms. The van der Waals surface area contributed by atoms with E-state index in [1.807, 2.05) is 55.5 Å². The first-order valence-electron chi connectivity index (χ1n) is 6.48. The van der Waals surface area contributed by atoms with Crippen molar-refractivity contribution in [2.45, 2.75) is 19.0 Å². The maximum absolute atomic E-state index is 11.5. The Morgan fingerprint density at radius 3 is 2.38 bits per heavy atom. The van der Waals surface area contributed by atoms with Gasteiger partial charge in [0.15, 0.2) is 0 Å². The molecular weight excluding hydrogens is 398 g/mol. The van der Waals surface area contributed by atoms with Crippen LogP contribution in [0, 0.1) is 0 Å². The predicted octanol–water partition coefficient (Wildman–Crippen LogP) is 4.69. The summed E-state index contributed by atoms with van der Waals surface area (Å²) in [6.07, 6.45) is 0. The van der Waals surface area contributed by atoms with E-state index in [-0.39, 0.29) is 6.04 Å². The standard InChI is InChI=1S/C16H15Br2NO2/c1-10(13-8-7-12(17)9-14(13)18)19-15(16(20)21)11-5-3-2-4-6-11/h2-10,15,19H,1H3,(H,20,21). The van der Waals surface area contributed by atoms with Crippen LogP contribution in [-0.2, 0) is 4.79 Å². The van der Waals surface area contributed by atoms with Crippen molar-refractivity contribution in [1.82, 2.24) is 5.32 Å². The number of halogens is 2. The minimum Gasteiger partial charge on any atom is -0.480 e. The lowest BCUT2D eigenvalue weighted by atomic mass is 10.0. The van der Waals surface area contributed by atoms with Gasteiger partial charge in [0.25, 0.3) is 0 Å². The summed E-state index contributed by atoms with van der Waals surface area (Å²) in [5, 5.41) is 12.6. The Morgan fingerprint density at radius 2 is 1.81 bits per heavy atom. The maximum Gasteiger partial charge on any atom is 0.325 e. The molecule has 0 aliphatic heterocycles. The van der Waals surface area contributed by atoms with Crippen molar-refractivity contribution in [1.29, 1.82) is 0 Å². The summed E-state index contributed by atoms with van der Waals surface area (Å²) in [6, 6.07) is 14.2. The monoisotopic (exact) mass is 411 g/mol. The van der Waals surface area contributed by atoms with Gasteiger partial charge in [-0.1, -0.05) is 68.3 Å². The van der Waals surface area contributed by atoms with Gasteiger partial charge in [-0.3, -0.25) is 10.1 Å². The maximum atomic E-state index is 11.5. The Bertz CT molecular complexity index is 631. The lowest BCUT2D eigenvalue weighted by Gasteiger charge is -2.22. The number of carboxylic acid groups (broad SMARTS) is 1. The lowest BCUT2D eigenvalue weighted by Crippen LogP contribution is -2.30. The van der Waals surface area contributed by atoms with Gasteiger partial charge in [-0.15, -0.1) is 0 Å². The van der Waals surface area contributed by atoms with Crippen molar-refractivity contribution in [3.63, 3.8) is 0 Å². The van der Waals surface area contributed by atoms with Crippen molar-refractivity contribution in [3.8, 4) is 0 Å². The number of carboxylic acids is 1. The quantitative estimate of drug-likeness (QED) is 0.748. The fourth-order valence-corrected chi connectivity index (χ4v) is 3.54. The van der Waals surface area contributed by atoms with Gasteiger partial charge in [0.05, 0.1) is 0 Å². The first-order valence-corrected chi connectivity index (χ1v) is 8.06. The summed E-state index contributed by atoms with van der Waals surface area (Å²) in [7, 11) is 0. The average Bonchev–Trinajstić information content (AvgIpc) is 2.45. The van der Waals surface area contributed by atoms with Crippen molar-refractivity contribution in [3.05, 3.63) is 68.6 Å². The third kappa shape index (κ3) is 4.15. The van der Waals surface area contributed by atoms with Gasteiger partial charge in [-0.25, -0.2) is 0 Å². The minimum atomic E-state index is -0.888. The van der Waals surface area contributed by atoms with Crippen molar-refractivity contribution < 1.29 is 9.90 Å². The van der Waals surface area contributed by atoms with Gasteiger partial charge in [0.1, 0.15) is 6.04 Å². The molecule has 0 saturated heterocycles. The average molecular weight is 413 g/mol. The summed E-state index contributed by atoms with van der Waals surface area (Å²) in [5.74, 6) is -0.888. The van der Waals surface area contributed by atoms with Crippen LogP contribution >= 0.6 is 31.9 Å². The molecule has 3 nitrogen and oxygen atoms in total. The Labute approximate surface area is 140 Å². The SMILES string of the molecule is CC(NC(C(=O)O)c1ccccc1)c1ccc(Br)cc1Br. The minimum absolute atomic E-state index is 0.103. The second-order valence-corrected chi connectivity index (χ2v) is 6.51. The fourth-order valence-electron chi connectivity index (χ4n) is 2.15. The van der Waals surface area contributed by atoms with Crippen LogP contribution in [0.4, 0.5) is 0 Å². The lowest BCUT2D eigenvalue weighted by molar-refractivity contribution is -0.139. The van der Waals surface area contributed by atoms with Crippen LogP contribution < -0.4 is 5.32 Å². The van der Waals surface area contributed by atoms with E-state index in [0.717, 1.165) is 20.1 Å². The predicted molar refractivity (Wildman–Crippen MR) is 90.2 cm³/mol. The highest BCUT2D eigenvalue weighted by Gasteiger charge is 2.22. The van der Waals surface area contributed by atoms with E-state index in [1.54, 1.807) is 0 Å². The van der Waals surface area contributed by atoms with Crippen LogP contribution in [0.3, 0.4) is 0 Å². The van der Waals surface area contributed by atoms with E-state index in [1.165, 1.54) is 0 Å². The molecule has 0 aliphatic rings. The summed E-state index contributed by atoms with van der Waals surface area (Å²) < 4.78 is 1.91. The molecule has 0 radical (unpaired) electrons. The van der Waals surface area contributed by atoms with Crippen molar-refractivity contribution in [2.24, 2.45) is 0 Å². The zero-order chi connectivity index (χ0) is 15.4. The van der Waals surface area contributed by atoms with Crippen LogP contribution in [0.15, 0.2) is 57.5 Å². The van der Waals surface area contributed by atoms with E-state index in [2.05, 4.69) is 37.2 Å². The molecule has 21 heavy (non-hydrogen) atoms. The summed E-state index contributed by atoms with van der Waals surface area (Å²) in [4.78, 5) is 11.5. The van der Waals surface area contributed by atoms with Gasteiger partial charge in [-0.05, 0) is 30.2 Å². The molecule has 0 saturated carbocycles. The fraction of sp³-hybridized carbons (Fsp3) is 0.188. The van der Waals surface area contributed by atoms with Crippen molar-refractivity contribution in [2.75, 3.05) is 0 Å². The molecule has 2 rings (SSSR count). The smallest absolute Gasteiger partial charge is 0.325 e. The molecule has 110 valence electrons. The molecule has 2 aromatic rings. The summed E-state index contributed by atoms with van der Waals surface area (Å²) in [6.45, 7) is 1.95. The van der Waals surface area contributed by atoms with Gasteiger partial charge in [-0.2, -0.15) is 0 Å². The molecule has 2 unspecified atom stereocenters. The second-order valence-electron chi connectivity index (χ2n) is 4.74.